The molecular formula is C15H13F2N3O. The van der Waals surface area contributed by atoms with Crippen molar-refractivity contribution in [2.24, 2.45) is 0 Å². The van der Waals surface area contributed by atoms with Gasteiger partial charge < -0.3 is 9.30 Å². The molecule has 0 spiro atoms. The Kier molecular flexibility index (Phi) is 3.62. The molecule has 0 saturated carbocycles. The summed E-state index contributed by atoms with van der Waals surface area (Å²) < 4.78 is 33.5. The van der Waals surface area contributed by atoms with Gasteiger partial charge in [-0.1, -0.05) is 0 Å². The van der Waals surface area contributed by atoms with Gasteiger partial charge in [-0.25, -0.2) is 18.7 Å². The molecule has 0 fully saturated rings. The normalized spacial score (nSPS) is 11.2. The lowest BCUT2D eigenvalue weighted by Crippen LogP contribution is -2.06. The zero-order valence-electron chi connectivity index (χ0n) is 11.4. The van der Waals surface area contributed by atoms with E-state index in [1.165, 1.54) is 6.07 Å². The number of halogens is 2. The smallest absolute Gasteiger partial charge is 0.160 e. The Morgan fingerprint density at radius 3 is 2.81 bits per heavy atom. The van der Waals surface area contributed by atoms with Crippen molar-refractivity contribution >= 4 is 11.2 Å². The quantitative estimate of drug-likeness (QED) is 0.741. The average molecular weight is 289 g/mol. The molecule has 0 bridgehead atoms. The Hall–Kier alpha value is -2.34. The van der Waals surface area contributed by atoms with Crippen LogP contribution in [0.2, 0.25) is 0 Å². The van der Waals surface area contributed by atoms with Gasteiger partial charge in [0, 0.05) is 25.4 Å². The van der Waals surface area contributed by atoms with Gasteiger partial charge in [0.2, 0.25) is 0 Å². The molecule has 0 aliphatic rings. The zero-order chi connectivity index (χ0) is 14.8. The first kappa shape index (κ1) is 13.6. The summed E-state index contributed by atoms with van der Waals surface area (Å²) in [6.45, 7) is 0.997. The van der Waals surface area contributed by atoms with Crippen molar-refractivity contribution < 1.29 is 13.5 Å². The van der Waals surface area contributed by atoms with Crippen LogP contribution in [0, 0.1) is 11.6 Å². The fraction of sp³-hybridized carbons (Fsp3) is 0.200. The first-order chi connectivity index (χ1) is 10.2. The highest BCUT2D eigenvalue weighted by Crippen LogP contribution is 2.24. The molecule has 1 aromatic carbocycles. The van der Waals surface area contributed by atoms with E-state index in [1.807, 2.05) is 10.6 Å². The average Bonchev–Trinajstić information content (AvgIpc) is 2.86. The molecule has 0 aliphatic carbocycles. The standard InChI is InChI=1S/C15H13F2N3O/c1-21-8-7-20-14(10-4-5-11(16)12(17)9-10)19-13-3-2-6-18-15(13)20/h2-6,9H,7-8H2,1H3. The highest BCUT2D eigenvalue weighted by Gasteiger charge is 2.14. The van der Waals surface area contributed by atoms with Crippen LogP contribution in [0.1, 0.15) is 0 Å². The summed E-state index contributed by atoms with van der Waals surface area (Å²) in [4.78, 5) is 8.76. The second kappa shape index (κ2) is 5.57. The summed E-state index contributed by atoms with van der Waals surface area (Å²) in [7, 11) is 1.60. The van der Waals surface area contributed by atoms with Crippen LogP contribution in [0.15, 0.2) is 36.5 Å². The van der Waals surface area contributed by atoms with Crippen molar-refractivity contribution in [1.29, 1.82) is 0 Å². The Labute approximate surface area is 120 Å². The second-order valence-corrected chi connectivity index (χ2v) is 4.55. The number of nitrogens with zero attached hydrogens (tertiary/aromatic N) is 3. The molecule has 0 aliphatic heterocycles. The topological polar surface area (TPSA) is 39.9 Å². The highest BCUT2D eigenvalue weighted by molar-refractivity contribution is 5.77. The Morgan fingerprint density at radius 2 is 2.05 bits per heavy atom. The third-order valence-corrected chi connectivity index (χ3v) is 3.20. The monoisotopic (exact) mass is 289 g/mol. The molecule has 0 unspecified atom stereocenters. The van der Waals surface area contributed by atoms with Crippen LogP contribution >= 0.6 is 0 Å². The first-order valence-corrected chi connectivity index (χ1v) is 6.46. The van der Waals surface area contributed by atoms with Crippen molar-refractivity contribution in [2.45, 2.75) is 6.54 Å². The SMILES string of the molecule is COCCn1c(-c2ccc(F)c(F)c2)nc2cccnc21. The number of rotatable bonds is 4. The number of imidazole rings is 1. The van der Waals surface area contributed by atoms with Gasteiger partial charge in [0.1, 0.15) is 11.3 Å². The number of fused-ring (bicyclic) bond motifs is 1. The minimum atomic E-state index is -0.897. The van der Waals surface area contributed by atoms with E-state index < -0.39 is 11.6 Å². The van der Waals surface area contributed by atoms with Crippen LogP contribution in [0.3, 0.4) is 0 Å². The van der Waals surface area contributed by atoms with Crippen molar-refractivity contribution in [3.8, 4) is 11.4 Å². The van der Waals surface area contributed by atoms with Crippen molar-refractivity contribution in [3.63, 3.8) is 0 Å². The van der Waals surface area contributed by atoms with Crippen LogP contribution in [-0.4, -0.2) is 28.3 Å². The number of aromatic nitrogens is 3. The van der Waals surface area contributed by atoms with Crippen LogP contribution in [0.5, 0.6) is 0 Å². The Balaban J connectivity index is 2.17. The van der Waals surface area contributed by atoms with E-state index in [0.29, 0.717) is 35.7 Å². The highest BCUT2D eigenvalue weighted by atomic mass is 19.2. The van der Waals surface area contributed by atoms with E-state index in [1.54, 1.807) is 19.4 Å². The third kappa shape index (κ3) is 2.50. The Morgan fingerprint density at radius 1 is 1.19 bits per heavy atom. The van der Waals surface area contributed by atoms with Gasteiger partial charge in [-0.05, 0) is 30.3 Å². The van der Waals surface area contributed by atoms with Gasteiger partial charge in [0.05, 0.1) is 6.61 Å². The summed E-state index contributed by atoms with van der Waals surface area (Å²) in [5.74, 6) is -1.23. The maximum absolute atomic E-state index is 13.5. The number of hydrogen-bond donors (Lipinski definition) is 0. The maximum atomic E-state index is 13.5. The van der Waals surface area contributed by atoms with Crippen molar-refractivity contribution in [1.82, 2.24) is 14.5 Å². The number of methoxy groups -OCH3 is 1. The number of pyridine rings is 1. The molecule has 2 heterocycles. The predicted molar refractivity (Wildman–Crippen MR) is 74.8 cm³/mol. The second-order valence-electron chi connectivity index (χ2n) is 4.55. The molecule has 0 atom stereocenters. The molecule has 0 saturated heterocycles. The van der Waals surface area contributed by atoms with E-state index in [2.05, 4.69) is 9.97 Å². The van der Waals surface area contributed by atoms with Crippen LogP contribution in [0.4, 0.5) is 8.78 Å². The van der Waals surface area contributed by atoms with Gasteiger partial charge in [0.25, 0.3) is 0 Å². The molecule has 21 heavy (non-hydrogen) atoms. The lowest BCUT2D eigenvalue weighted by Gasteiger charge is -2.08. The zero-order valence-corrected chi connectivity index (χ0v) is 11.4. The summed E-state index contributed by atoms with van der Waals surface area (Å²) in [5.41, 5.74) is 1.89. The number of hydrogen-bond acceptors (Lipinski definition) is 3. The van der Waals surface area contributed by atoms with E-state index in [9.17, 15) is 8.78 Å². The molecule has 4 nitrogen and oxygen atoms in total. The van der Waals surface area contributed by atoms with Crippen LogP contribution in [0.25, 0.3) is 22.6 Å². The third-order valence-electron chi connectivity index (χ3n) is 3.20. The molecule has 0 N–H and O–H groups in total. The van der Waals surface area contributed by atoms with Crippen molar-refractivity contribution in [2.75, 3.05) is 13.7 Å². The van der Waals surface area contributed by atoms with E-state index >= 15 is 0 Å². The van der Waals surface area contributed by atoms with E-state index in [-0.39, 0.29) is 0 Å². The van der Waals surface area contributed by atoms with Gasteiger partial charge in [-0.2, -0.15) is 0 Å². The molecule has 2 aromatic heterocycles. The molecule has 108 valence electrons. The molecule has 6 heteroatoms. The van der Waals surface area contributed by atoms with Crippen molar-refractivity contribution in [3.05, 3.63) is 48.2 Å². The van der Waals surface area contributed by atoms with Gasteiger partial charge in [-0.15, -0.1) is 0 Å². The molecule has 3 aromatic rings. The predicted octanol–water partition coefficient (Wildman–Crippen LogP) is 3.02. The van der Waals surface area contributed by atoms with Gasteiger partial charge in [-0.3, -0.25) is 0 Å². The van der Waals surface area contributed by atoms with Gasteiger partial charge in [0.15, 0.2) is 17.3 Å². The Bertz CT molecular complexity index is 786. The molecule has 3 rings (SSSR count). The molecule has 0 radical (unpaired) electrons. The summed E-state index contributed by atoms with van der Waals surface area (Å²) in [6.07, 6.45) is 1.67. The van der Waals surface area contributed by atoms with Crippen LogP contribution < -0.4 is 0 Å². The first-order valence-electron chi connectivity index (χ1n) is 6.46. The van der Waals surface area contributed by atoms with Gasteiger partial charge >= 0.3 is 0 Å². The largest absolute Gasteiger partial charge is 0.383 e. The lowest BCUT2D eigenvalue weighted by molar-refractivity contribution is 0.188. The number of ether oxygens (including phenoxy) is 1. The lowest BCUT2D eigenvalue weighted by atomic mass is 10.2. The fourth-order valence-corrected chi connectivity index (χ4v) is 2.21. The minimum absolute atomic E-state index is 0.471. The maximum Gasteiger partial charge on any atom is 0.160 e. The summed E-state index contributed by atoms with van der Waals surface area (Å²) in [5, 5.41) is 0. The molecule has 0 amide bonds. The fourth-order valence-electron chi connectivity index (χ4n) is 2.21. The van der Waals surface area contributed by atoms with E-state index in [0.717, 1.165) is 12.1 Å². The van der Waals surface area contributed by atoms with E-state index in [4.69, 9.17) is 4.74 Å². The summed E-state index contributed by atoms with van der Waals surface area (Å²) >= 11 is 0. The number of benzene rings is 1. The van der Waals surface area contributed by atoms with Crippen LogP contribution in [-0.2, 0) is 11.3 Å². The summed E-state index contributed by atoms with van der Waals surface area (Å²) in [6, 6.07) is 7.35. The minimum Gasteiger partial charge on any atom is -0.383 e. The molecular weight excluding hydrogens is 276 g/mol.